The molecule has 0 aromatic rings. The zero-order valence-electron chi connectivity index (χ0n) is 12.7. The van der Waals surface area contributed by atoms with Crippen molar-refractivity contribution in [2.24, 2.45) is 5.92 Å². The first-order chi connectivity index (χ1) is 9.56. The summed E-state index contributed by atoms with van der Waals surface area (Å²) in [5.41, 5.74) is 1.90. The van der Waals surface area contributed by atoms with E-state index < -0.39 is 15.5 Å². The topological polar surface area (TPSA) is 37.3 Å². The molecular formula is C17H28O2Si. The Morgan fingerprint density at radius 1 is 1.25 bits per heavy atom. The number of hydrogen-bond donors (Lipinski definition) is 1. The van der Waals surface area contributed by atoms with E-state index in [0.717, 1.165) is 32.1 Å². The van der Waals surface area contributed by atoms with Crippen molar-refractivity contribution in [3.63, 3.8) is 0 Å². The zero-order valence-corrected chi connectivity index (χ0v) is 14.1. The highest BCUT2D eigenvalue weighted by Gasteiger charge is 2.34. The van der Waals surface area contributed by atoms with Crippen LogP contribution in [0.2, 0.25) is 5.04 Å². The number of carboxylic acids is 1. The van der Waals surface area contributed by atoms with Crippen molar-refractivity contribution in [2.45, 2.75) is 44.1 Å². The average molecular weight is 292 g/mol. The molecule has 0 bridgehead atoms. The van der Waals surface area contributed by atoms with E-state index in [0.29, 0.717) is 5.92 Å². The van der Waals surface area contributed by atoms with Crippen LogP contribution in [0, 0.1) is 5.92 Å². The fraction of sp³-hybridized carbons (Fsp3) is 0.471. The van der Waals surface area contributed by atoms with Gasteiger partial charge in [-0.3, -0.25) is 0 Å². The van der Waals surface area contributed by atoms with Gasteiger partial charge in [-0.2, -0.15) is 0 Å². The molecule has 1 atom stereocenters. The van der Waals surface area contributed by atoms with Crippen molar-refractivity contribution in [2.75, 3.05) is 0 Å². The van der Waals surface area contributed by atoms with E-state index in [4.69, 9.17) is 5.11 Å². The maximum Gasteiger partial charge on any atom is 0.327 e. The lowest BCUT2D eigenvalue weighted by Crippen LogP contribution is -2.28. The van der Waals surface area contributed by atoms with Gasteiger partial charge in [0.25, 0.3) is 0 Å². The van der Waals surface area contributed by atoms with Gasteiger partial charge in [-0.25, -0.2) is 4.79 Å². The van der Waals surface area contributed by atoms with Gasteiger partial charge in [0.2, 0.25) is 0 Å². The minimum absolute atomic E-state index is 0.139. The van der Waals surface area contributed by atoms with E-state index in [-0.39, 0.29) is 5.04 Å². The van der Waals surface area contributed by atoms with Crippen LogP contribution in [0.1, 0.15) is 39.0 Å². The summed E-state index contributed by atoms with van der Waals surface area (Å²) in [6.45, 7) is 13.9. The van der Waals surface area contributed by atoms with Crippen LogP contribution >= 0.6 is 0 Å². The number of carbonyl (C=O) groups is 1. The van der Waals surface area contributed by atoms with Gasteiger partial charge in [0.1, 0.15) is 0 Å². The molecule has 0 aliphatic carbocycles. The lowest BCUT2D eigenvalue weighted by atomic mass is 9.80. The largest absolute Gasteiger partial charge is 0.478 e. The van der Waals surface area contributed by atoms with Crippen molar-refractivity contribution < 1.29 is 9.90 Å². The van der Waals surface area contributed by atoms with Crippen molar-refractivity contribution in [3.05, 3.63) is 49.7 Å². The minimum atomic E-state index is -0.862. The molecular weight excluding hydrogens is 264 g/mol. The standard InChI is InChI=1S/C17H28O2Si/c1-5-9-15(10-6-2)17(12-7-3,13-8-4)20-14-11-16(18)19/h5,7-8,11,14-15H,1,3-4,6,9-10,12-13,20H2,2H3,(H,18,19). The summed E-state index contributed by atoms with van der Waals surface area (Å²) in [7, 11) is -0.686. The highest BCUT2D eigenvalue weighted by molar-refractivity contribution is 6.47. The third kappa shape index (κ3) is 6.20. The summed E-state index contributed by atoms with van der Waals surface area (Å²) in [4.78, 5) is 10.7. The Kier molecular flexibility index (Phi) is 9.73. The van der Waals surface area contributed by atoms with E-state index >= 15 is 0 Å². The molecule has 112 valence electrons. The summed E-state index contributed by atoms with van der Waals surface area (Å²) < 4.78 is 0. The predicted octanol–water partition coefficient (Wildman–Crippen LogP) is 4.06. The first-order valence-electron chi connectivity index (χ1n) is 7.28. The van der Waals surface area contributed by atoms with Crippen molar-refractivity contribution in [1.29, 1.82) is 0 Å². The molecule has 0 aromatic heterocycles. The summed E-state index contributed by atoms with van der Waals surface area (Å²) in [5.74, 6) is -0.328. The van der Waals surface area contributed by atoms with Gasteiger partial charge in [0.05, 0.1) is 9.52 Å². The van der Waals surface area contributed by atoms with Gasteiger partial charge in [0, 0.05) is 6.08 Å². The van der Waals surface area contributed by atoms with Gasteiger partial charge in [0.15, 0.2) is 0 Å². The average Bonchev–Trinajstić information content (AvgIpc) is 2.38. The molecule has 1 N–H and O–H groups in total. The Balaban J connectivity index is 5.32. The molecule has 1 unspecified atom stereocenters. The van der Waals surface area contributed by atoms with Gasteiger partial charge < -0.3 is 5.11 Å². The maximum absolute atomic E-state index is 10.7. The molecule has 0 aliphatic rings. The Bertz CT molecular complexity index is 348. The third-order valence-corrected chi connectivity index (χ3v) is 6.28. The van der Waals surface area contributed by atoms with E-state index in [9.17, 15) is 4.79 Å². The molecule has 20 heavy (non-hydrogen) atoms. The molecule has 0 fully saturated rings. The summed E-state index contributed by atoms with van der Waals surface area (Å²) in [5, 5.41) is 8.93. The second-order valence-electron chi connectivity index (χ2n) is 5.30. The van der Waals surface area contributed by atoms with Crippen LogP contribution in [0.25, 0.3) is 0 Å². The van der Waals surface area contributed by atoms with E-state index in [2.05, 4.69) is 26.7 Å². The highest BCUT2D eigenvalue weighted by Crippen LogP contribution is 2.47. The number of aliphatic carboxylic acids is 1. The van der Waals surface area contributed by atoms with Gasteiger partial charge >= 0.3 is 5.97 Å². The van der Waals surface area contributed by atoms with E-state index in [1.54, 1.807) is 0 Å². The monoisotopic (exact) mass is 292 g/mol. The molecule has 0 rings (SSSR count). The molecule has 0 saturated carbocycles. The molecule has 3 heteroatoms. The lowest BCUT2D eigenvalue weighted by Gasteiger charge is -2.39. The summed E-state index contributed by atoms with van der Waals surface area (Å²) in [6.07, 6.45) is 12.3. The quantitative estimate of drug-likeness (QED) is 0.335. The predicted molar refractivity (Wildman–Crippen MR) is 90.9 cm³/mol. The minimum Gasteiger partial charge on any atom is -0.478 e. The molecule has 0 amide bonds. The SMILES string of the molecule is C=CCC(CCC)C(CC=C)(CC=C)[SiH2]C=CC(=O)O. The van der Waals surface area contributed by atoms with Crippen molar-refractivity contribution in [1.82, 2.24) is 0 Å². The number of carboxylic acid groups (broad SMARTS) is 1. The molecule has 0 aliphatic heterocycles. The Morgan fingerprint density at radius 3 is 2.25 bits per heavy atom. The molecule has 0 heterocycles. The van der Waals surface area contributed by atoms with Crippen LogP contribution in [0.4, 0.5) is 0 Å². The van der Waals surface area contributed by atoms with Crippen molar-refractivity contribution in [3.8, 4) is 0 Å². The lowest BCUT2D eigenvalue weighted by molar-refractivity contribution is -0.131. The number of hydrogen-bond acceptors (Lipinski definition) is 1. The van der Waals surface area contributed by atoms with Crippen LogP contribution in [0.3, 0.4) is 0 Å². The Morgan fingerprint density at radius 2 is 1.85 bits per heavy atom. The normalized spacial score (nSPS) is 13.7. The van der Waals surface area contributed by atoms with E-state index in [1.165, 1.54) is 6.08 Å². The fourth-order valence-electron chi connectivity index (χ4n) is 2.94. The summed E-state index contributed by atoms with van der Waals surface area (Å²) >= 11 is 0. The first-order valence-corrected chi connectivity index (χ1v) is 8.80. The molecule has 0 radical (unpaired) electrons. The van der Waals surface area contributed by atoms with Crippen LogP contribution in [0.15, 0.2) is 49.7 Å². The Hall–Kier alpha value is -1.35. The molecule has 2 nitrogen and oxygen atoms in total. The number of rotatable bonds is 12. The molecule has 0 saturated heterocycles. The number of allylic oxidation sites excluding steroid dienone is 3. The summed E-state index contributed by atoms with van der Waals surface area (Å²) in [6, 6.07) is 0. The highest BCUT2D eigenvalue weighted by atomic mass is 28.2. The van der Waals surface area contributed by atoms with E-state index in [1.807, 2.05) is 23.9 Å². The smallest absolute Gasteiger partial charge is 0.327 e. The Labute approximate surface area is 125 Å². The van der Waals surface area contributed by atoms with Crippen LogP contribution in [-0.2, 0) is 4.79 Å². The molecule has 0 aromatic carbocycles. The van der Waals surface area contributed by atoms with Crippen LogP contribution in [-0.4, -0.2) is 20.6 Å². The second kappa shape index (κ2) is 10.4. The van der Waals surface area contributed by atoms with Gasteiger partial charge in [-0.05, 0) is 30.2 Å². The fourth-order valence-corrected chi connectivity index (χ4v) is 5.18. The first kappa shape index (κ1) is 18.6. The van der Waals surface area contributed by atoms with Crippen LogP contribution < -0.4 is 0 Å². The maximum atomic E-state index is 10.7. The van der Waals surface area contributed by atoms with Crippen LogP contribution in [0.5, 0.6) is 0 Å². The van der Waals surface area contributed by atoms with Gasteiger partial charge in [-0.1, -0.05) is 43.7 Å². The second-order valence-corrected chi connectivity index (χ2v) is 7.59. The third-order valence-electron chi connectivity index (χ3n) is 3.84. The zero-order chi connectivity index (χ0) is 15.4. The van der Waals surface area contributed by atoms with Crippen molar-refractivity contribution >= 4 is 15.5 Å². The van der Waals surface area contributed by atoms with Gasteiger partial charge in [-0.15, -0.1) is 19.7 Å². The molecule has 0 spiro atoms.